The summed E-state index contributed by atoms with van der Waals surface area (Å²) in [5.74, 6) is -0.668. The third-order valence-electron chi connectivity index (χ3n) is 5.26. The van der Waals surface area contributed by atoms with Gasteiger partial charge in [0.1, 0.15) is 6.61 Å². The van der Waals surface area contributed by atoms with Gasteiger partial charge in [0.2, 0.25) is 15.9 Å². The normalized spacial score (nSPS) is 17.3. The number of nitrogens with zero attached hydrogens (tertiary/aromatic N) is 3. The number of piperidine rings is 1. The smallest absolute Gasteiger partial charge is 0.338 e. The van der Waals surface area contributed by atoms with Crippen LogP contribution in [0.5, 0.6) is 0 Å². The number of carbonyl (C=O) groups is 2. The van der Waals surface area contributed by atoms with E-state index in [0.717, 1.165) is 19.3 Å². The summed E-state index contributed by atoms with van der Waals surface area (Å²) in [5.41, 5.74) is 0.811. The molecule has 1 saturated heterocycles. The first kappa shape index (κ1) is 23.4. The van der Waals surface area contributed by atoms with Crippen LogP contribution < -0.4 is 4.90 Å². The molecule has 1 aromatic heterocycles. The highest BCUT2D eigenvalue weighted by Gasteiger charge is 2.31. The fourth-order valence-electron chi connectivity index (χ4n) is 3.53. The maximum atomic E-state index is 12.9. The fraction of sp³-hybridized carbons (Fsp3) is 0.476. The SMILES string of the molecule is CCN(C(C)=O)c1nc(COC(=O)c2ccc(S(=O)(=O)N3CCCCC3C)cc2)cs1. The first-order chi connectivity index (χ1) is 14.7. The van der Waals surface area contributed by atoms with Crippen LogP contribution in [0.4, 0.5) is 5.13 Å². The lowest BCUT2D eigenvalue weighted by atomic mass is 10.1. The number of amides is 1. The summed E-state index contributed by atoms with van der Waals surface area (Å²) in [6, 6.07) is 5.79. The Kier molecular flexibility index (Phi) is 7.45. The molecule has 3 rings (SSSR count). The summed E-state index contributed by atoms with van der Waals surface area (Å²) < 4.78 is 32.6. The van der Waals surface area contributed by atoms with Gasteiger partial charge in [-0.3, -0.25) is 9.69 Å². The summed E-state index contributed by atoms with van der Waals surface area (Å²) in [4.78, 5) is 30.0. The van der Waals surface area contributed by atoms with E-state index in [1.165, 1.54) is 46.8 Å². The Hall–Kier alpha value is -2.30. The van der Waals surface area contributed by atoms with Crippen LogP contribution in [0.3, 0.4) is 0 Å². The maximum Gasteiger partial charge on any atom is 0.338 e. The number of aromatic nitrogens is 1. The van der Waals surface area contributed by atoms with Gasteiger partial charge in [0, 0.05) is 31.4 Å². The molecule has 1 aromatic carbocycles. The van der Waals surface area contributed by atoms with E-state index in [1.54, 1.807) is 10.3 Å². The number of benzene rings is 1. The molecule has 0 radical (unpaired) electrons. The van der Waals surface area contributed by atoms with E-state index in [1.807, 2.05) is 13.8 Å². The van der Waals surface area contributed by atoms with Crippen molar-refractivity contribution in [3.8, 4) is 0 Å². The first-order valence-electron chi connectivity index (χ1n) is 10.3. The monoisotopic (exact) mass is 465 g/mol. The second-order valence-corrected chi connectivity index (χ2v) is 10.2. The average molecular weight is 466 g/mol. The van der Waals surface area contributed by atoms with Crippen LogP contribution in [-0.2, 0) is 26.2 Å². The van der Waals surface area contributed by atoms with Crippen LogP contribution in [0, 0.1) is 0 Å². The van der Waals surface area contributed by atoms with Gasteiger partial charge >= 0.3 is 5.97 Å². The zero-order valence-electron chi connectivity index (χ0n) is 17.9. The average Bonchev–Trinajstić information content (AvgIpc) is 3.21. The maximum absolute atomic E-state index is 12.9. The van der Waals surface area contributed by atoms with Gasteiger partial charge in [-0.05, 0) is 51.0 Å². The predicted molar refractivity (Wildman–Crippen MR) is 119 cm³/mol. The molecule has 8 nitrogen and oxygen atoms in total. The fourth-order valence-corrected chi connectivity index (χ4v) is 6.15. The van der Waals surface area contributed by atoms with Crippen LogP contribution in [0.2, 0.25) is 0 Å². The van der Waals surface area contributed by atoms with E-state index in [2.05, 4.69) is 4.98 Å². The molecule has 0 saturated carbocycles. The third kappa shape index (κ3) is 5.31. The predicted octanol–water partition coefficient (Wildman–Crippen LogP) is 3.44. The Labute approximate surface area is 186 Å². The molecule has 1 aliphatic heterocycles. The Balaban J connectivity index is 1.63. The molecule has 10 heteroatoms. The summed E-state index contributed by atoms with van der Waals surface area (Å²) in [6.45, 7) is 6.24. The van der Waals surface area contributed by atoms with Gasteiger partial charge in [-0.25, -0.2) is 18.2 Å². The standard InChI is InChI=1S/C21H27N3O5S2/c1-4-23(16(3)25)21-22-18(14-30-21)13-29-20(26)17-8-10-19(11-9-17)31(27,28)24-12-6-5-7-15(24)2/h8-11,14-15H,4-7,12-13H2,1-3H3. The number of anilines is 1. The number of esters is 1. The second-order valence-electron chi connectivity index (χ2n) is 7.45. The molecule has 2 heterocycles. The summed E-state index contributed by atoms with van der Waals surface area (Å²) in [5, 5.41) is 2.30. The summed E-state index contributed by atoms with van der Waals surface area (Å²) in [7, 11) is -3.58. The van der Waals surface area contributed by atoms with E-state index in [0.29, 0.717) is 23.9 Å². The number of hydrogen-bond donors (Lipinski definition) is 0. The molecule has 1 amide bonds. The molecule has 1 unspecified atom stereocenters. The van der Waals surface area contributed by atoms with Crippen LogP contribution >= 0.6 is 11.3 Å². The molecular formula is C21H27N3O5S2. The highest BCUT2D eigenvalue weighted by atomic mass is 32.2. The van der Waals surface area contributed by atoms with Crippen LogP contribution in [0.25, 0.3) is 0 Å². The molecule has 1 fully saturated rings. The number of hydrogen-bond acceptors (Lipinski definition) is 7. The topological polar surface area (TPSA) is 96.9 Å². The van der Waals surface area contributed by atoms with E-state index in [9.17, 15) is 18.0 Å². The molecule has 0 spiro atoms. The number of rotatable bonds is 7. The Morgan fingerprint density at radius 1 is 1.26 bits per heavy atom. The van der Waals surface area contributed by atoms with E-state index >= 15 is 0 Å². The molecule has 2 aromatic rings. The lowest BCUT2D eigenvalue weighted by molar-refractivity contribution is -0.116. The minimum Gasteiger partial charge on any atom is -0.456 e. The Morgan fingerprint density at radius 2 is 1.97 bits per heavy atom. The van der Waals surface area contributed by atoms with Crippen molar-refractivity contribution in [2.24, 2.45) is 0 Å². The summed E-state index contributed by atoms with van der Waals surface area (Å²) in [6.07, 6.45) is 2.74. The summed E-state index contributed by atoms with van der Waals surface area (Å²) >= 11 is 1.31. The zero-order chi connectivity index (χ0) is 22.6. The molecular weight excluding hydrogens is 438 g/mol. The number of sulfonamides is 1. The van der Waals surface area contributed by atoms with Gasteiger partial charge < -0.3 is 4.74 Å². The van der Waals surface area contributed by atoms with Crippen molar-refractivity contribution in [2.75, 3.05) is 18.0 Å². The van der Waals surface area contributed by atoms with E-state index in [4.69, 9.17) is 4.74 Å². The molecule has 1 aliphatic rings. The molecule has 168 valence electrons. The lowest BCUT2D eigenvalue weighted by Crippen LogP contribution is -2.41. The van der Waals surface area contributed by atoms with Gasteiger partial charge in [-0.2, -0.15) is 4.31 Å². The van der Waals surface area contributed by atoms with Crippen molar-refractivity contribution in [1.82, 2.24) is 9.29 Å². The Morgan fingerprint density at radius 3 is 2.58 bits per heavy atom. The second kappa shape index (κ2) is 9.88. The van der Waals surface area contributed by atoms with Gasteiger partial charge in [0.05, 0.1) is 16.2 Å². The molecule has 31 heavy (non-hydrogen) atoms. The largest absolute Gasteiger partial charge is 0.456 e. The van der Waals surface area contributed by atoms with Crippen LogP contribution in [-0.4, -0.2) is 48.7 Å². The lowest BCUT2D eigenvalue weighted by Gasteiger charge is -2.32. The van der Waals surface area contributed by atoms with Crippen molar-refractivity contribution in [3.63, 3.8) is 0 Å². The van der Waals surface area contributed by atoms with E-state index in [-0.39, 0.29) is 29.0 Å². The number of carbonyl (C=O) groups excluding carboxylic acids is 2. The minimum absolute atomic E-state index is 0.0296. The highest BCUT2D eigenvalue weighted by molar-refractivity contribution is 7.89. The van der Waals surface area contributed by atoms with Crippen LogP contribution in [0.1, 0.15) is 56.1 Å². The van der Waals surface area contributed by atoms with Crippen molar-refractivity contribution < 1.29 is 22.7 Å². The van der Waals surface area contributed by atoms with Crippen molar-refractivity contribution in [3.05, 3.63) is 40.9 Å². The number of thiazole rings is 1. The van der Waals surface area contributed by atoms with Gasteiger partial charge in [-0.1, -0.05) is 6.42 Å². The Bertz CT molecular complexity index is 1030. The van der Waals surface area contributed by atoms with Crippen LogP contribution in [0.15, 0.2) is 34.5 Å². The van der Waals surface area contributed by atoms with Gasteiger partial charge in [0.15, 0.2) is 5.13 Å². The third-order valence-corrected chi connectivity index (χ3v) is 8.20. The molecule has 0 bridgehead atoms. The van der Waals surface area contributed by atoms with Crippen molar-refractivity contribution >= 4 is 38.4 Å². The quantitative estimate of drug-likeness (QED) is 0.581. The molecule has 0 aliphatic carbocycles. The number of ether oxygens (including phenoxy) is 1. The molecule has 0 N–H and O–H groups in total. The minimum atomic E-state index is -3.58. The van der Waals surface area contributed by atoms with Crippen molar-refractivity contribution in [1.29, 1.82) is 0 Å². The zero-order valence-corrected chi connectivity index (χ0v) is 19.5. The van der Waals surface area contributed by atoms with Gasteiger partial charge in [-0.15, -0.1) is 11.3 Å². The highest BCUT2D eigenvalue weighted by Crippen LogP contribution is 2.25. The van der Waals surface area contributed by atoms with E-state index < -0.39 is 16.0 Å². The van der Waals surface area contributed by atoms with Gasteiger partial charge in [0.25, 0.3) is 0 Å². The van der Waals surface area contributed by atoms with Crippen molar-refractivity contribution in [2.45, 2.75) is 57.6 Å². The first-order valence-corrected chi connectivity index (χ1v) is 12.6. The molecule has 1 atom stereocenters.